The highest BCUT2D eigenvalue weighted by atomic mass is 35.6. The molecule has 0 spiro atoms. The van der Waals surface area contributed by atoms with E-state index in [0.717, 1.165) is 0 Å². The molecule has 0 rings (SSSR count). The zero-order valence-electron chi connectivity index (χ0n) is 6.05. The Hall–Kier alpha value is -0.190. The van der Waals surface area contributed by atoms with E-state index in [2.05, 4.69) is 0 Å². The second-order valence-corrected chi connectivity index (χ2v) is 3.83. The van der Waals surface area contributed by atoms with Gasteiger partial charge in [0.25, 0.3) is 3.79 Å². The van der Waals surface area contributed by atoms with Gasteiger partial charge in [-0.15, -0.1) is 0 Å². The van der Waals surface area contributed by atoms with Gasteiger partial charge in [0.1, 0.15) is 0 Å². The van der Waals surface area contributed by atoms with Crippen LogP contribution in [0.4, 0.5) is 0 Å². The van der Waals surface area contributed by atoms with Crippen molar-refractivity contribution in [2.45, 2.75) is 17.1 Å². The summed E-state index contributed by atoms with van der Waals surface area (Å²) in [7, 11) is 0. The number of carbonyl (C=O) groups is 2. The van der Waals surface area contributed by atoms with Crippen molar-refractivity contribution in [3.8, 4) is 0 Å². The van der Waals surface area contributed by atoms with Gasteiger partial charge in [0, 0.05) is 6.42 Å². The van der Waals surface area contributed by atoms with Crippen molar-refractivity contribution in [1.29, 1.82) is 0 Å². The van der Waals surface area contributed by atoms with Crippen molar-refractivity contribution in [2.24, 2.45) is 0 Å². The van der Waals surface area contributed by atoms with Gasteiger partial charge in [0.2, 0.25) is 0 Å². The molecule has 72 valence electrons. The fourth-order valence-electron chi connectivity index (χ4n) is 0. The Morgan fingerprint density at radius 1 is 1.25 bits per heavy atom. The summed E-state index contributed by atoms with van der Waals surface area (Å²) >= 11 is 14.4. The fourth-order valence-corrected chi connectivity index (χ4v) is 0. The molecule has 0 saturated heterocycles. The predicted molar refractivity (Wildman–Crippen MR) is 45.9 cm³/mol. The summed E-state index contributed by atoms with van der Waals surface area (Å²) in [5.41, 5.74) is 0. The SMILES string of the molecule is CCC(=O)O.O=C(O)C(Cl)(Cl)Cl. The van der Waals surface area contributed by atoms with Crippen molar-refractivity contribution in [1.82, 2.24) is 0 Å². The van der Waals surface area contributed by atoms with E-state index < -0.39 is 15.7 Å². The number of hydrogen-bond donors (Lipinski definition) is 2. The van der Waals surface area contributed by atoms with Gasteiger partial charge in [-0.2, -0.15) is 0 Å². The zero-order valence-corrected chi connectivity index (χ0v) is 8.32. The number of hydrogen-bond acceptors (Lipinski definition) is 2. The van der Waals surface area contributed by atoms with Crippen molar-refractivity contribution >= 4 is 46.7 Å². The molecule has 0 aliphatic rings. The lowest BCUT2D eigenvalue weighted by molar-refractivity contribution is -0.137. The smallest absolute Gasteiger partial charge is 0.356 e. The van der Waals surface area contributed by atoms with Gasteiger partial charge in [-0.05, 0) is 0 Å². The molecule has 0 fully saturated rings. The van der Waals surface area contributed by atoms with E-state index in [4.69, 9.17) is 45.0 Å². The van der Waals surface area contributed by atoms with E-state index >= 15 is 0 Å². The Morgan fingerprint density at radius 2 is 1.42 bits per heavy atom. The highest BCUT2D eigenvalue weighted by Gasteiger charge is 2.29. The van der Waals surface area contributed by atoms with Crippen molar-refractivity contribution in [2.75, 3.05) is 0 Å². The number of aliphatic carboxylic acids is 2. The Morgan fingerprint density at radius 3 is 1.42 bits per heavy atom. The first kappa shape index (κ1) is 14.3. The van der Waals surface area contributed by atoms with Crippen LogP contribution in [-0.2, 0) is 9.59 Å². The lowest BCUT2D eigenvalue weighted by Gasteiger charge is -1.99. The third kappa shape index (κ3) is 12.5. The Kier molecular flexibility index (Phi) is 7.58. The van der Waals surface area contributed by atoms with Crippen LogP contribution in [0, 0.1) is 0 Å². The summed E-state index contributed by atoms with van der Waals surface area (Å²) in [5, 5.41) is 15.6. The molecule has 0 saturated carbocycles. The molecule has 0 unspecified atom stereocenters. The number of halogens is 3. The van der Waals surface area contributed by atoms with Gasteiger partial charge in [0.05, 0.1) is 0 Å². The minimum Gasteiger partial charge on any atom is -0.481 e. The van der Waals surface area contributed by atoms with Gasteiger partial charge in [-0.25, -0.2) is 4.79 Å². The summed E-state index contributed by atoms with van der Waals surface area (Å²) in [6.07, 6.45) is 0.222. The van der Waals surface area contributed by atoms with Gasteiger partial charge >= 0.3 is 11.9 Å². The first-order valence-corrected chi connectivity index (χ1v) is 3.87. The van der Waals surface area contributed by atoms with Crippen LogP contribution in [0.15, 0.2) is 0 Å². The molecular formula is C5H7Cl3O4. The third-order valence-corrected chi connectivity index (χ3v) is 1.03. The Balaban J connectivity index is 0. The second-order valence-electron chi connectivity index (χ2n) is 1.55. The monoisotopic (exact) mass is 236 g/mol. The number of alkyl halides is 3. The van der Waals surface area contributed by atoms with E-state index in [1.54, 1.807) is 6.92 Å². The first-order valence-electron chi connectivity index (χ1n) is 2.73. The molecule has 0 aromatic rings. The summed E-state index contributed by atoms with van der Waals surface area (Å²) in [4.78, 5) is 19.0. The maximum Gasteiger partial charge on any atom is 0.356 e. The first-order chi connectivity index (χ1) is 5.21. The molecule has 2 N–H and O–H groups in total. The molecule has 0 amide bonds. The summed E-state index contributed by atoms with van der Waals surface area (Å²) in [6, 6.07) is 0. The van der Waals surface area contributed by atoms with Crippen LogP contribution >= 0.6 is 34.8 Å². The maximum absolute atomic E-state index is 9.62. The molecule has 7 heteroatoms. The molecule has 4 nitrogen and oxygen atoms in total. The van der Waals surface area contributed by atoms with Crippen LogP contribution in [0.25, 0.3) is 0 Å². The minimum absolute atomic E-state index is 0.222. The molecule has 0 heterocycles. The zero-order chi connectivity index (χ0) is 10.4. The predicted octanol–water partition coefficient (Wildman–Crippen LogP) is 1.92. The summed E-state index contributed by atoms with van der Waals surface area (Å²) in [5.74, 6) is -2.21. The van der Waals surface area contributed by atoms with Gasteiger partial charge < -0.3 is 10.2 Å². The average Bonchev–Trinajstić information content (AvgIpc) is 1.87. The molecule has 0 aliphatic carbocycles. The molecule has 0 aliphatic heterocycles. The van der Waals surface area contributed by atoms with Crippen molar-refractivity contribution < 1.29 is 19.8 Å². The largest absolute Gasteiger partial charge is 0.481 e. The highest BCUT2D eigenvalue weighted by Crippen LogP contribution is 2.25. The van der Waals surface area contributed by atoms with Crippen LogP contribution in [-0.4, -0.2) is 25.9 Å². The number of carboxylic acids is 2. The average molecular weight is 237 g/mol. The standard InChI is InChI=1S/C3H6O2.C2HCl3O2/c1-2-3(4)5;3-2(4,5)1(6)7/h2H2,1H3,(H,4,5);(H,6,7). The van der Waals surface area contributed by atoms with Crippen molar-refractivity contribution in [3.63, 3.8) is 0 Å². The van der Waals surface area contributed by atoms with Crippen LogP contribution in [0.3, 0.4) is 0 Å². The normalized spacial score (nSPS) is 9.67. The fraction of sp³-hybridized carbons (Fsp3) is 0.600. The van der Waals surface area contributed by atoms with E-state index in [0.29, 0.717) is 0 Å². The lowest BCUT2D eigenvalue weighted by Crippen LogP contribution is -2.16. The molecule has 0 atom stereocenters. The second kappa shape index (κ2) is 6.34. The molecule has 0 bridgehead atoms. The van der Waals surface area contributed by atoms with Crippen LogP contribution in [0.1, 0.15) is 13.3 Å². The van der Waals surface area contributed by atoms with Crippen molar-refractivity contribution in [3.05, 3.63) is 0 Å². The quantitative estimate of drug-likeness (QED) is 0.683. The van der Waals surface area contributed by atoms with Crippen LogP contribution in [0.2, 0.25) is 0 Å². The maximum atomic E-state index is 9.62. The highest BCUT2D eigenvalue weighted by molar-refractivity contribution is 6.75. The summed E-state index contributed by atoms with van der Waals surface area (Å²) in [6.45, 7) is 1.60. The van der Waals surface area contributed by atoms with Gasteiger partial charge in [-0.1, -0.05) is 41.7 Å². The van der Waals surface area contributed by atoms with Crippen LogP contribution < -0.4 is 0 Å². The number of rotatable bonds is 1. The molecule has 0 radical (unpaired) electrons. The van der Waals surface area contributed by atoms with E-state index in [-0.39, 0.29) is 6.42 Å². The van der Waals surface area contributed by atoms with E-state index in [9.17, 15) is 9.59 Å². The van der Waals surface area contributed by atoms with Gasteiger partial charge in [0.15, 0.2) is 0 Å². The minimum atomic E-state index is -2.17. The summed E-state index contributed by atoms with van der Waals surface area (Å²) < 4.78 is -2.17. The number of carboxylic acid groups (broad SMARTS) is 2. The molecule has 12 heavy (non-hydrogen) atoms. The van der Waals surface area contributed by atoms with Gasteiger partial charge in [-0.3, -0.25) is 4.79 Å². The topological polar surface area (TPSA) is 74.6 Å². The van der Waals surface area contributed by atoms with E-state index in [1.165, 1.54) is 0 Å². The molecular weight excluding hydrogens is 230 g/mol. The Bertz CT molecular complexity index is 163. The molecule has 0 aromatic carbocycles. The molecule has 0 aromatic heterocycles. The lowest BCUT2D eigenvalue weighted by atomic mass is 10.5. The Labute approximate surface area is 84.0 Å². The third-order valence-electron chi connectivity index (χ3n) is 0.545. The van der Waals surface area contributed by atoms with Crippen LogP contribution in [0.5, 0.6) is 0 Å². The van der Waals surface area contributed by atoms with E-state index in [1.807, 2.05) is 0 Å².